The van der Waals surface area contributed by atoms with Crippen LogP contribution in [0.5, 0.6) is 17.2 Å². The molecule has 2 aromatic carbocycles. The number of aromatic hydroxyl groups is 3. The van der Waals surface area contributed by atoms with Crippen molar-refractivity contribution in [2.75, 3.05) is 26.4 Å². The van der Waals surface area contributed by atoms with Gasteiger partial charge in [-0.2, -0.15) is 0 Å². The van der Waals surface area contributed by atoms with Gasteiger partial charge in [0.15, 0.2) is 30.2 Å². The van der Waals surface area contributed by atoms with Crippen LogP contribution in [0.3, 0.4) is 0 Å². The summed E-state index contributed by atoms with van der Waals surface area (Å²) in [4.78, 5) is 12.6. The molecule has 4 rings (SSSR count). The Morgan fingerprint density at radius 2 is 1.74 bits per heavy atom. The Balaban J connectivity index is 1.49. The zero-order valence-corrected chi connectivity index (χ0v) is 22.3. The van der Waals surface area contributed by atoms with E-state index in [9.17, 15) is 45.6 Å². The molecule has 0 unspecified atom stereocenters. The van der Waals surface area contributed by atoms with Gasteiger partial charge in [-0.15, -0.1) is 0 Å². The average Bonchev–Trinajstić information content (AvgIpc) is 3.26. The number of carbonyl (C=O) groups excluding carboxylic acids is 1. The standard InChI is InChI=1S/C28H34O14/c29-12-20-23(41-21(34)8-4-16-3-7-18(32)19(33)11-16)22(35)24(42-27-25(36)28(37,13-30)14-39-27)26(40-20)38-10-9-15-1-5-17(31)6-2-15/h1-8,11,20,22-27,29-33,35-37H,9-10,12-14H2/t20-,22+,23+,24-,25-,26+,27+,28-/m0/s1. The summed E-state index contributed by atoms with van der Waals surface area (Å²) < 4.78 is 28.0. The molecule has 0 bridgehead atoms. The van der Waals surface area contributed by atoms with Gasteiger partial charge < -0.3 is 64.5 Å². The molecule has 0 saturated carbocycles. The number of hydrogen-bond donors (Lipinski definition) is 8. The summed E-state index contributed by atoms with van der Waals surface area (Å²) in [6, 6.07) is 10.2. The highest BCUT2D eigenvalue weighted by Gasteiger charge is 2.54. The lowest BCUT2D eigenvalue weighted by Crippen LogP contribution is -2.62. The van der Waals surface area contributed by atoms with Crippen molar-refractivity contribution < 1.29 is 69.3 Å². The Hall–Kier alpha value is -3.31. The van der Waals surface area contributed by atoms with E-state index in [2.05, 4.69) is 0 Å². The van der Waals surface area contributed by atoms with Crippen LogP contribution >= 0.6 is 0 Å². The topological polar surface area (TPSA) is 225 Å². The smallest absolute Gasteiger partial charge is 0.331 e. The van der Waals surface area contributed by atoms with E-state index in [1.54, 1.807) is 12.1 Å². The lowest BCUT2D eigenvalue weighted by atomic mass is 9.97. The first-order valence-electron chi connectivity index (χ1n) is 13.1. The van der Waals surface area contributed by atoms with E-state index in [1.165, 1.54) is 36.4 Å². The molecule has 2 heterocycles. The normalized spacial score (nSPS) is 31.4. The fraction of sp³-hybridized carbons (Fsp3) is 0.464. The van der Waals surface area contributed by atoms with Crippen molar-refractivity contribution in [3.8, 4) is 17.2 Å². The van der Waals surface area contributed by atoms with Gasteiger partial charge in [-0.1, -0.05) is 18.2 Å². The lowest BCUT2D eigenvalue weighted by Gasteiger charge is -2.43. The van der Waals surface area contributed by atoms with Crippen LogP contribution in [0.25, 0.3) is 6.08 Å². The number of benzene rings is 2. The van der Waals surface area contributed by atoms with E-state index in [0.29, 0.717) is 12.0 Å². The number of rotatable bonds is 11. The summed E-state index contributed by atoms with van der Waals surface area (Å²) in [5.74, 6) is -1.61. The fourth-order valence-corrected chi connectivity index (χ4v) is 4.47. The van der Waals surface area contributed by atoms with Crippen LogP contribution in [0.2, 0.25) is 0 Å². The van der Waals surface area contributed by atoms with E-state index < -0.39 is 80.2 Å². The number of phenolic OH excluding ortho intramolecular Hbond substituents is 3. The van der Waals surface area contributed by atoms with Crippen LogP contribution in [0.15, 0.2) is 48.5 Å². The van der Waals surface area contributed by atoms with Crippen molar-refractivity contribution in [2.24, 2.45) is 0 Å². The minimum atomic E-state index is -2.02. The van der Waals surface area contributed by atoms with Crippen molar-refractivity contribution >= 4 is 12.0 Å². The molecule has 2 aromatic rings. The number of phenols is 3. The quantitative estimate of drug-likeness (QED) is 0.0878. The second-order valence-corrected chi connectivity index (χ2v) is 9.97. The van der Waals surface area contributed by atoms with Crippen LogP contribution in [0.1, 0.15) is 11.1 Å². The number of aliphatic hydroxyl groups excluding tert-OH is 4. The van der Waals surface area contributed by atoms with Crippen LogP contribution in [-0.2, 0) is 34.9 Å². The summed E-state index contributed by atoms with van der Waals surface area (Å²) in [6.07, 6.45) is -7.89. The first kappa shape index (κ1) is 31.6. The van der Waals surface area contributed by atoms with Gasteiger partial charge >= 0.3 is 5.97 Å². The first-order valence-corrected chi connectivity index (χ1v) is 13.1. The number of carbonyl (C=O) groups is 1. The minimum absolute atomic E-state index is 0.0293. The third kappa shape index (κ3) is 7.36. The summed E-state index contributed by atoms with van der Waals surface area (Å²) in [5.41, 5.74) is -0.857. The maximum absolute atomic E-state index is 12.6. The predicted molar refractivity (Wildman–Crippen MR) is 141 cm³/mol. The molecule has 42 heavy (non-hydrogen) atoms. The number of hydrogen-bond acceptors (Lipinski definition) is 14. The molecule has 14 nitrogen and oxygen atoms in total. The van der Waals surface area contributed by atoms with E-state index >= 15 is 0 Å². The summed E-state index contributed by atoms with van der Waals surface area (Å²) >= 11 is 0. The zero-order chi connectivity index (χ0) is 30.4. The third-order valence-electron chi connectivity index (χ3n) is 6.94. The molecule has 0 aromatic heterocycles. The van der Waals surface area contributed by atoms with Gasteiger partial charge in [0.2, 0.25) is 0 Å². The minimum Gasteiger partial charge on any atom is -0.508 e. The van der Waals surface area contributed by atoms with Gasteiger partial charge in [-0.05, 0) is 47.9 Å². The van der Waals surface area contributed by atoms with Gasteiger partial charge in [0.05, 0.1) is 26.4 Å². The van der Waals surface area contributed by atoms with Crippen LogP contribution in [0, 0.1) is 0 Å². The Kier molecular flexibility index (Phi) is 10.4. The highest BCUT2D eigenvalue weighted by molar-refractivity contribution is 5.87. The largest absolute Gasteiger partial charge is 0.508 e. The molecule has 8 atom stereocenters. The second-order valence-electron chi connectivity index (χ2n) is 9.97. The SMILES string of the molecule is O=C(C=Cc1ccc(O)c(O)c1)O[C@H]1[C@@H](O)[C@H](O[C@H]2OC[C@@](O)(CO)[C@H]2O)[C@H](OCCc2ccc(O)cc2)O[C@H]1CO. The Morgan fingerprint density at radius 3 is 2.38 bits per heavy atom. The summed E-state index contributed by atoms with van der Waals surface area (Å²) in [7, 11) is 0. The summed E-state index contributed by atoms with van der Waals surface area (Å²) in [5, 5.41) is 80.0. The molecule has 2 aliphatic heterocycles. The van der Waals surface area contributed by atoms with Crippen molar-refractivity contribution in [1.82, 2.24) is 0 Å². The number of aliphatic hydroxyl groups is 5. The highest BCUT2D eigenvalue weighted by Crippen LogP contribution is 2.32. The Morgan fingerprint density at radius 1 is 1.00 bits per heavy atom. The van der Waals surface area contributed by atoms with Crippen LogP contribution in [-0.4, -0.2) is 122 Å². The lowest BCUT2D eigenvalue weighted by molar-refractivity contribution is -0.336. The predicted octanol–water partition coefficient (Wildman–Crippen LogP) is -1.11. The van der Waals surface area contributed by atoms with Gasteiger partial charge in [-0.25, -0.2) is 4.79 Å². The van der Waals surface area contributed by atoms with E-state index in [4.69, 9.17) is 23.7 Å². The molecule has 0 spiro atoms. The molecule has 0 aliphatic carbocycles. The molecule has 2 aliphatic rings. The molecular weight excluding hydrogens is 560 g/mol. The van der Waals surface area contributed by atoms with Crippen molar-refractivity contribution in [1.29, 1.82) is 0 Å². The van der Waals surface area contributed by atoms with Crippen molar-refractivity contribution in [2.45, 2.75) is 55.1 Å². The maximum atomic E-state index is 12.6. The molecule has 14 heteroatoms. The molecule has 2 saturated heterocycles. The molecule has 8 N–H and O–H groups in total. The van der Waals surface area contributed by atoms with Gasteiger partial charge in [-0.3, -0.25) is 0 Å². The molecule has 0 amide bonds. The average molecular weight is 595 g/mol. The fourth-order valence-electron chi connectivity index (χ4n) is 4.47. The Bertz CT molecular complexity index is 1220. The van der Waals surface area contributed by atoms with E-state index in [1.807, 2.05) is 0 Å². The monoisotopic (exact) mass is 594 g/mol. The molecule has 230 valence electrons. The molecular formula is C28H34O14. The van der Waals surface area contributed by atoms with Crippen molar-refractivity contribution in [3.63, 3.8) is 0 Å². The van der Waals surface area contributed by atoms with Crippen LogP contribution in [0.4, 0.5) is 0 Å². The summed E-state index contributed by atoms with van der Waals surface area (Å²) in [6.45, 7) is -1.97. The van der Waals surface area contributed by atoms with Crippen LogP contribution < -0.4 is 0 Å². The first-order chi connectivity index (χ1) is 20.0. The van der Waals surface area contributed by atoms with E-state index in [0.717, 1.165) is 11.6 Å². The highest BCUT2D eigenvalue weighted by atomic mass is 16.8. The Labute approximate surface area is 240 Å². The molecule has 2 fully saturated rings. The number of esters is 1. The number of ether oxygens (including phenoxy) is 5. The van der Waals surface area contributed by atoms with Gasteiger partial charge in [0, 0.05) is 6.08 Å². The second kappa shape index (κ2) is 13.8. The maximum Gasteiger partial charge on any atom is 0.331 e. The van der Waals surface area contributed by atoms with Crippen molar-refractivity contribution in [3.05, 3.63) is 59.7 Å². The molecule has 0 radical (unpaired) electrons. The van der Waals surface area contributed by atoms with E-state index in [-0.39, 0.29) is 18.1 Å². The zero-order valence-electron chi connectivity index (χ0n) is 22.3. The van der Waals surface area contributed by atoms with Gasteiger partial charge in [0.1, 0.15) is 35.8 Å². The third-order valence-corrected chi connectivity index (χ3v) is 6.94. The van der Waals surface area contributed by atoms with Gasteiger partial charge in [0.25, 0.3) is 0 Å².